The maximum absolute atomic E-state index is 11.5. The molecule has 80 valence electrons. The SMILES string of the molecule is CNC(=O)[C@H](NC(C)=O)c1ccccc1. The minimum Gasteiger partial charge on any atom is -0.357 e. The molecule has 15 heavy (non-hydrogen) atoms. The van der Waals surface area contributed by atoms with Crippen molar-refractivity contribution in [1.29, 1.82) is 0 Å². The molecule has 4 nitrogen and oxygen atoms in total. The second kappa shape index (κ2) is 5.14. The summed E-state index contributed by atoms with van der Waals surface area (Å²) in [6, 6.07) is 8.50. The molecule has 2 N–H and O–H groups in total. The van der Waals surface area contributed by atoms with Crippen molar-refractivity contribution in [2.45, 2.75) is 13.0 Å². The van der Waals surface area contributed by atoms with Crippen LogP contribution < -0.4 is 10.6 Å². The largest absolute Gasteiger partial charge is 0.357 e. The van der Waals surface area contributed by atoms with Crippen molar-refractivity contribution >= 4 is 11.8 Å². The molecule has 0 bridgehead atoms. The summed E-state index contributed by atoms with van der Waals surface area (Å²) in [6.07, 6.45) is 0. The topological polar surface area (TPSA) is 58.2 Å². The lowest BCUT2D eigenvalue weighted by molar-refractivity contribution is -0.127. The first-order valence-corrected chi connectivity index (χ1v) is 4.68. The van der Waals surface area contributed by atoms with Gasteiger partial charge in [-0.1, -0.05) is 30.3 Å². The molecule has 0 heterocycles. The minimum absolute atomic E-state index is 0.226. The van der Waals surface area contributed by atoms with Crippen molar-refractivity contribution in [1.82, 2.24) is 10.6 Å². The van der Waals surface area contributed by atoms with Gasteiger partial charge in [-0.15, -0.1) is 0 Å². The average molecular weight is 206 g/mol. The Morgan fingerprint density at radius 2 is 1.80 bits per heavy atom. The Hall–Kier alpha value is -1.84. The zero-order valence-electron chi connectivity index (χ0n) is 8.78. The van der Waals surface area contributed by atoms with Gasteiger partial charge in [-0.05, 0) is 5.56 Å². The fourth-order valence-corrected chi connectivity index (χ4v) is 1.29. The number of nitrogens with one attached hydrogen (secondary N) is 2. The van der Waals surface area contributed by atoms with Gasteiger partial charge in [0.15, 0.2) is 0 Å². The molecule has 0 aliphatic carbocycles. The molecule has 2 amide bonds. The van der Waals surface area contributed by atoms with Gasteiger partial charge in [0.2, 0.25) is 11.8 Å². The van der Waals surface area contributed by atoms with Crippen molar-refractivity contribution < 1.29 is 9.59 Å². The third kappa shape index (κ3) is 3.09. The first kappa shape index (κ1) is 11.2. The number of likely N-dealkylation sites (N-methyl/N-ethyl adjacent to an activating group) is 1. The lowest BCUT2D eigenvalue weighted by Crippen LogP contribution is -2.37. The Balaban J connectivity index is 2.91. The predicted octanol–water partition coefficient (Wildman–Crippen LogP) is 0.610. The summed E-state index contributed by atoms with van der Waals surface area (Å²) >= 11 is 0. The molecule has 0 saturated carbocycles. The van der Waals surface area contributed by atoms with E-state index in [1.807, 2.05) is 18.2 Å². The van der Waals surface area contributed by atoms with Crippen LogP contribution >= 0.6 is 0 Å². The van der Waals surface area contributed by atoms with E-state index in [1.165, 1.54) is 6.92 Å². The van der Waals surface area contributed by atoms with Crippen LogP contribution in [0.25, 0.3) is 0 Å². The Morgan fingerprint density at radius 3 is 2.27 bits per heavy atom. The maximum atomic E-state index is 11.5. The molecule has 1 aromatic rings. The summed E-state index contributed by atoms with van der Waals surface area (Å²) in [7, 11) is 1.54. The fourth-order valence-electron chi connectivity index (χ4n) is 1.29. The number of carbonyl (C=O) groups excluding carboxylic acids is 2. The number of hydrogen-bond acceptors (Lipinski definition) is 2. The van der Waals surface area contributed by atoms with E-state index in [0.29, 0.717) is 0 Å². The molecule has 1 atom stereocenters. The third-order valence-corrected chi connectivity index (χ3v) is 1.99. The Morgan fingerprint density at radius 1 is 1.20 bits per heavy atom. The predicted molar refractivity (Wildman–Crippen MR) is 57.1 cm³/mol. The number of hydrogen-bond donors (Lipinski definition) is 2. The highest BCUT2D eigenvalue weighted by atomic mass is 16.2. The maximum Gasteiger partial charge on any atom is 0.246 e. The molecule has 1 aromatic carbocycles. The van der Waals surface area contributed by atoms with Gasteiger partial charge in [-0.2, -0.15) is 0 Å². The van der Waals surface area contributed by atoms with Gasteiger partial charge in [0.25, 0.3) is 0 Å². The lowest BCUT2D eigenvalue weighted by Gasteiger charge is -2.16. The van der Waals surface area contributed by atoms with E-state index >= 15 is 0 Å². The molecule has 1 rings (SSSR count). The van der Waals surface area contributed by atoms with E-state index in [0.717, 1.165) is 5.56 Å². The lowest BCUT2D eigenvalue weighted by atomic mass is 10.1. The van der Waals surface area contributed by atoms with Crippen molar-refractivity contribution in [2.75, 3.05) is 7.05 Å². The third-order valence-electron chi connectivity index (χ3n) is 1.99. The monoisotopic (exact) mass is 206 g/mol. The molecule has 0 spiro atoms. The first-order chi connectivity index (χ1) is 7.15. The number of carbonyl (C=O) groups is 2. The van der Waals surface area contributed by atoms with Gasteiger partial charge < -0.3 is 10.6 Å². The van der Waals surface area contributed by atoms with Crippen LogP contribution in [0.5, 0.6) is 0 Å². The summed E-state index contributed by atoms with van der Waals surface area (Å²) in [4.78, 5) is 22.5. The molecule has 4 heteroatoms. The molecule has 0 fully saturated rings. The summed E-state index contributed by atoms with van der Waals surface area (Å²) in [6.45, 7) is 1.39. The van der Waals surface area contributed by atoms with E-state index in [-0.39, 0.29) is 11.8 Å². The number of amides is 2. The fraction of sp³-hybridized carbons (Fsp3) is 0.273. The molecule has 0 aromatic heterocycles. The van der Waals surface area contributed by atoms with Gasteiger partial charge >= 0.3 is 0 Å². The van der Waals surface area contributed by atoms with E-state index in [9.17, 15) is 9.59 Å². The van der Waals surface area contributed by atoms with Crippen LogP contribution in [0, 0.1) is 0 Å². The van der Waals surface area contributed by atoms with E-state index in [2.05, 4.69) is 10.6 Å². The van der Waals surface area contributed by atoms with Gasteiger partial charge in [-0.3, -0.25) is 9.59 Å². The van der Waals surface area contributed by atoms with Crippen LogP contribution in [-0.2, 0) is 9.59 Å². The van der Waals surface area contributed by atoms with E-state index in [4.69, 9.17) is 0 Å². The molecule has 0 aliphatic rings. The highest BCUT2D eigenvalue weighted by Gasteiger charge is 2.19. The van der Waals surface area contributed by atoms with E-state index in [1.54, 1.807) is 19.2 Å². The van der Waals surface area contributed by atoms with E-state index < -0.39 is 6.04 Å². The number of rotatable bonds is 3. The standard InChI is InChI=1S/C11H14N2O2/c1-8(14)13-10(11(15)12-2)9-6-4-3-5-7-9/h3-7,10H,1-2H3,(H,12,15)(H,13,14)/t10-/m1/s1. The average Bonchev–Trinajstić information content (AvgIpc) is 2.26. The highest BCUT2D eigenvalue weighted by molar-refractivity contribution is 5.87. The van der Waals surface area contributed by atoms with Gasteiger partial charge in [0, 0.05) is 14.0 Å². The van der Waals surface area contributed by atoms with Crippen LogP contribution in [0.4, 0.5) is 0 Å². The smallest absolute Gasteiger partial charge is 0.246 e. The Bertz CT molecular complexity index is 349. The molecule has 0 aliphatic heterocycles. The number of benzene rings is 1. The zero-order chi connectivity index (χ0) is 11.3. The van der Waals surface area contributed by atoms with Crippen LogP contribution in [0.15, 0.2) is 30.3 Å². The van der Waals surface area contributed by atoms with Crippen molar-refractivity contribution in [2.24, 2.45) is 0 Å². The van der Waals surface area contributed by atoms with Gasteiger partial charge in [-0.25, -0.2) is 0 Å². The second-order valence-corrected chi connectivity index (χ2v) is 3.16. The van der Waals surface area contributed by atoms with Crippen LogP contribution in [0.1, 0.15) is 18.5 Å². The van der Waals surface area contributed by atoms with Crippen molar-refractivity contribution in [3.8, 4) is 0 Å². The summed E-state index contributed by atoms with van der Waals surface area (Å²) in [5, 5.41) is 5.11. The van der Waals surface area contributed by atoms with Crippen molar-refractivity contribution in [3.63, 3.8) is 0 Å². The molecule has 0 unspecified atom stereocenters. The zero-order valence-corrected chi connectivity index (χ0v) is 8.78. The Labute approximate surface area is 88.7 Å². The minimum atomic E-state index is -0.617. The van der Waals surface area contributed by atoms with Gasteiger partial charge in [0.1, 0.15) is 6.04 Å². The normalized spacial score (nSPS) is 11.6. The molecular formula is C11H14N2O2. The van der Waals surface area contributed by atoms with Crippen LogP contribution in [0.3, 0.4) is 0 Å². The van der Waals surface area contributed by atoms with Crippen LogP contribution in [0.2, 0.25) is 0 Å². The van der Waals surface area contributed by atoms with Gasteiger partial charge in [0.05, 0.1) is 0 Å². The van der Waals surface area contributed by atoms with Crippen molar-refractivity contribution in [3.05, 3.63) is 35.9 Å². The molecular weight excluding hydrogens is 192 g/mol. The quantitative estimate of drug-likeness (QED) is 0.761. The second-order valence-electron chi connectivity index (χ2n) is 3.16. The van der Waals surface area contributed by atoms with Crippen LogP contribution in [-0.4, -0.2) is 18.9 Å². The highest BCUT2D eigenvalue weighted by Crippen LogP contribution is 2.12. The molecule has 0 saturated heterocycles. The summed E-state index contributed by atoms with van der Waals surface area (Å²) < 4.78 is 0. The molecule has 0 radical (unpaired) electrons. The summed E-state index contributed by atoms with van der Waals surface area (Å²) in [5.41, 5.74) is 0.770. The first-order valence-electron chi connectivity index (χ1n) is 4.68. The Kier molecular flexibility index (Phi) is 3.85. The summed E-state index contributed by atoms with van der Waals surface area (Å²) in [5.74, 6) is -0.455.